The van der Waals surface area contributed by atoms with Crippen molar-refractivity contribution in [1.82, 2.24) is 5.32 Å². The van der Waals surface area contributed by atoms with Gasteiger partial charge in [-0.15, -0.1) is 0 Å². The summed E-state index contributed by atoms with van der Waals surface area (Å²) in [6.45, 7) is 3.84. The molecule has 0 amide bonds. The Hall–Kier alpha value is -1.39. The number of hydrogen-bond acceptors (Lipinski definition) is 2. The van der Waals surface area contributed by atoms with E-state index in [4.69, 9.17) is 4.74 Å². The Morgan fingerprint density at radius 1 is 1.16 bits per heavy atom. The molecule has 2 nitrogen and oxygen atoms in total. The van der Waals surface area contributed by atoms with E-state index in [0.29, 0.717) is 11.5 Å². The second-order valence-corrected chi connectivity index (χ2v) is 4.96. The van der Waals surface area contributed by atoms with Crippen LogP contribution in [-0.2, 0) is 6.54 Å². The lowest BCUT2D eigenvalue weighted by molar-refractivity contribution is 0.473. The van der Waals surface area contributed by atoms with Gasteiger partial charge in [0.05, 0.1) is 4.47 Å². The average Bonchev–Trinajstić information content (AvgIpc) is 2.42. The van der Waals surface area contributed by atoms with E-state index >= 15 is 0 Å². The SMILES string of the molecule is CCNCc1ccc(Oc2cc(F)ccc2Br)cc1. The smallest absolute Gasteiger partial charge is 0.144 e. The van der Waals surface area contributed by atoms with Crippen LogP contribution in [-0.4, -0.2) is 6.54 Å². The molecule has 0 aliphatic carbocycles. The minimum Gasteiger partial charge on any atom is -0.456 e. The van der Waals surface area contributed by atoms with Crippen molar-refractivity contribution in [3.05, 3.63) is 58.3 Å². The summed E-state index contributed by atoms with van der Waals surface area (Å²) < 4.78 is 19.5. The molecule has 0 atom stereocenters. The van der Waals surface area contributed by atoms with Crippen molar-refractivity contribution in [2.45, 2.75) is 13.5 Å². The van der Waals surface area contributed by atoms with E-state index in [2.05, 4.69) is 28.2 Å². The standard InChI is InChI=1S/C15H15BrFNO/c1-2-18-10-11-3-6-13(7-4-11)19-15-9-12(17)5-8-14(15)16/h3-9,18H,2,10H2,1H3. The number of benzene rings is 2. The number of rotatable bonds is 5. The van der Waals surface area contributed by atoms with Gasteiger partial charge in [0.2, 0.25) is 0 Å². The van der Waals surface area contributed by atoms with Gasteiger partial charge in [0, 0.05) is 12.6 Å². The third-order valence-electron chi connectivity index (χ3n) is 2.62. The number of hydrogen-bond donors (Lipinski definition) is 1. The third-order valence-corrected chi connectivity index (χ3v) is 3.28. The van der Waals surface area contributed by atoms with Crippen LogP contribution in [0.5, 0.6) is 11.5 Å². The Morgan fingerprint density at radius 2 is 1.89 bits per heavy atom. The Bertz CT molecular complexity index is 542. The predicted molar refractivity (Wildman–Crippen MR) is 78.0 cm³/mol. The maximum absolute atomic E-state index is 13.1. The molecule has 0 saturated heterocycles. The molecule has 0 fully saturated rings. The summed E-state index contributed by atoms with van der Waals surface area (Å²) in [6, 6.07) is 12.1. The molecule has 2 rings (SSSR count). The molecule has 100 valence electrons. The summed E-state index contributed by atoms with van der Waals surface area (Å²) in [5, 5.41) is 3.25. The maximum atomic E-state index is 13.1. The quantitative estimate of drug-likeness (QED) is 0.875. The highest BCUT2D eigenvalue weighted by Gasteiger charge is 2.04. The number of nitrogens with one attached hydrogen (secondary N) is 1. The van der Waals surface area contributed by atoms with Gasteiger partial charge in [-0.25, -0.2) is 4.39 Å². The first-order valence-corrected chi connectivity index (χ1v) is 6.91. The summed E-state index contributed by atoms with van der Waals surface area (Å²) >= 11 is 3.33. The monoisotopic (exact) mass is 323 g/mol. The first-order chi connectivity index (χ1) is 9.19. The van der Waals surface area contributed by atoms with Gasteiger partial charge in [-0.3, -0.25) is 0 Å². The van der Waals surface area contributed by atoms with E-state index in [1.807, 2.05) is 24.3 Å². The molecular weight excluding hydrogens is 309 g/mol. The van der Waals surface area contributed by atoms with E-state index < -0.39 is 0 Å². The molecule has 2 aromatic rings. The van der Waals surface area contributed by atoms with Crippen molar-refractivity contribution in [3.63, 3.8) is 0 Å². The van der Waals surface area contributed by atoms with Crippen molar-refractivity contribution < 1.29 is 9.13 Å². The topological polar surface area (TPSA) is 21.3 Å². The van der Waals surface area contributed by atoms with E-state index in [-0.39, 0.29) is 5.82 Å². The van der Waals surface area contributed by atoms with Gasteiger partial charge in [0.25, 0.3) is 0 Å². The summed E-state index contributed by atoms with van der Waals surface area (Å²) in [6.07, 6.45) is 0. The molecule has 0 aliphatic rings. The highest BCUT2D eigenvalue weighted by Crippen LogP contribution is 2.30. The fourth-order valence-corrected chi connectivity index (χ4v) is 1.95. The lowest BCUT2D eigenvalue weighted by atomic mass is 10.2. The van der Waals surface area contributed by atoms with Crippen LogP contribution in [0.3, 0.4) is 0 Å². The first kappa shape index (κ1) is 14.0. The van der Waals surface area contributed by atoms with Gasteiger partial charge in [0.15, 0.2) is 0 Å². The molecule has 4 heteroatoms. The largest absolute Gasteiger partial charge is 0.456 e. The first-order valence-electron chi connectivity index (χ1n) is 6.11. The second-order valence-electron chi connectivity index (χ2n) is 4.10. The summed E-state index contributed by atoms with van der Waals surface area (Å²) in [7, 11) is 0. The molecule has 0 heterocycles. The van der Waals surface area contributed by atoms with Crippen LogP contribution in [0, 0.1) is 5.82 Å². The molecule has 1 N–H and O–H groups in total. The third kappa shape index (κ3) is 4.04. The molecule has 0 radical (unpaired) electrons. The van der Waals surface area contributed by atoms with Gasteiger partial charge >= 0.3 is 0 Å². The minimum atomic E-state index is -0.318. The van der Waals surface area contributed by atoms with Gasteiger partial charge in [-0.2, -0.15) is 0 Å². The van der Waals surface area contributed by atoms with Crippen molar-refractivity contribution in [1.29, 1.82) is 0 Å². The number of ether oxygens (including phenoxy) is 1. The van der Waals surface area contributed by atoms with Crippen LogP contribution < -0.4 is 10.1 Å². The van der Waals surface area contributed by atoms with Gasteiger partial charge in [-0.05, 0) is 52.3 Å². The normalized spacial score (nSPS) is 10.5. The van der Waals surface area contributed by atoms with Crippen LogP contribution >= 0.6 is 15.9 Å². The zero-order valence-electron chi connectivity index (χ0n) is 10.6. The lowest BCUT2D eigenvalue weighted by Gasteiger charge is -2.09. The molecule has 0 aliphatic heterocycles. The molecule has 0 unspecified atom stereocenters. The molecule has 19 heavy (non-hydrogen) atoms. The van der Waals surface area contributed by atoms with Crippen molar-refractivity contribution in [3.8, 4) is 11.5 Å². The van der Waals surface area contributed by atoms with E-state index in [1.54, 1.807) is 6.07 Å². The predicted octanol–water partition coefficient (Wildman–Crippen LogP) is 4.49. The Kier molecular flexibility index (Phi) is 4.93. The highest BCUT2D eigenvalue weighted by atomic mass is 79.9. The molecule has 0 spiro atoms. The van der Waals surface area contributed by atoms with Crippen LogP contribution in [0.4, 0.5) is 4.39 Å². The van der Waals surface area contributed by atoms with E-state index in [9.17, 15) is 4.39 Å². The zero-order valence-corrected chi connectivity index (χ0v) is 12.2. The van der Waals surface area contributed by atoms with Gasteiger partial charge in [-0.1, -0.05) is 19.1 Å². The average molecular weight is 324 g/mol. The molecule has 0 bridgehead atoms. The maximum Gasteiger partial charge on any atom is 0.144 e. The second kappa shape index (κ2) is 6.68. The summed E-state index contributed by atoms with van der Waals surface area (Å²) in [5.41, 5.74) is 1.19. The number of halogens is 2. The van der Waals surface area contributed by atoms with Crippen LogP contribution in [0.1, 0.15) is 12.5 Å². The summed E-state index contributed by atoms with van der Waals surface area (Å²) in [4.78, 5) is 0. The fraction of sp³-hybridized carbons (Fsp3) is 0.200. The zero-order chi connectivity index (χ0) is 13.7. The Balaban J connectivity index is 2.08. The summed E-state index contributed by atoms with van der Waals surface area (Å²) in [5.74, 6) is 0.841. The highest BCUT2D eigenvalue weighted by molar-refractivity contribution is 9.10. The van der Waals surface area contributed by atoms with Crippen LogP contribution in [0.25, 0.3) is 0 Å². The van der Waals surface area contributed by atoms with Crippen molar-refractivity contribution >= 4 is 15.9 Å². The van der Waals surface area contributed by atoms with Crippen molar-refractivity contribution in [2.75, 3.05) is 6.54 Å². The minimum absolute atomic E-state index is 0.318. The molecular formula is C15H15BrFNO. The van der Waals surface area contributed by atoms with E-state index in [1.165, 1.54) is 17.7 Å². The fourth-order valence-electron chi connectivity index (χ4n) is 1.63. The van der Waals surface area contributed by atoms with Crippen LogP contribution in [0.15, 0.2) is 46.9 Å². The van der Waals surface area contributed by atoms with E-state index in [0.717, 1.165) is 17.6 Å². The van der Waals surface area contributed by atoms with Gasteiger partial charge < -0.3 is 10.1 Å². The van der Waals surface area contributed by atoms with Gasteiger partial charge in [0.1, 0.15) is 17.3 Å². The molecule has 0 saturated carbocycles. The molecule has 0 aromatic heterocycles. The molecule has 2 aromatic carbocycles. The van der Waals surface area contributed by atoms with Crippen LogP contribution in [0.2, 0.25) is 0 Å². The Labute approximate surface area is 120 Å². The Morgan fingerprint density at radius 3 is 2.58 bits per heavy atom. The lowest BCUT2D eigenvalue weighted by Crippen LogP contribution is -2.11. The van der Waals surface area contributed by atoms with Crippen molar-refractivity contribution in [2.24, 2.45) is 0 Å².